The fraction of sp³-hybridized carbons (Fsp3) is 0.100. The van der Waals surface area contributed by atoms with Crippen LogP contribution in [-0.4, -0.2) is 23.3 Å². The van der Waals surface area contributed by atoms with E-state index in [9.17, 15) is 4.79 Å². The van der Waals surface area contributed by atoms with E-state index in [1.807, 2.05) is 0 Å². The summed E-state index contributed by atoms with van der Waals surface area (Å²) in [6.45, 7) is 1.75. The zero-order valence-corrected chi connectivity index (χ0v) is 9.19. The van der Waals surface area contributed by atoms with Crippen molar-refractivity contribution in [2.24, 2.45) is 5.10 Å². The molecule has 0 bridgehead atoms. The van der Waals surface area contributed by atoms with E-state index in [0.29, 0.717) is 17.8 Å². The number of carbonyl (C=O) groups excluding carboxylic acids is 1. The number of guanidine groups is 1. The van der Waals surface area contributed by atoms with Crippen molar-refractivity contribution in [3.8, 4) is 0 Å². The summed E-state index contributed by atoms with van der Waals surface area (Å²) in [5, 5.41) is 21.8. The number of nitrogens with zero attached hydrogens (tertiary/aromatic N) is 1. The van der Waals surface area contributed by atoms with Crippen molar-refractivity contribution in [3.05, 3.63) is 29.8 Å². The van der Waals surface area contributed by atoms with Crippen molar-refractivity contribution in [1.82, 2.24) is 10.9 Å². The first kappa shape index (κ1) is 12.7. The molecule has 90 valence electrons. The minimum atomic E-state index is -0.316. The Labute approximate surface area is 98.0 Å². The van der Waals surface area contributed by atoms with Gasteiger partial charge < -0.3 is 5.32 Å². The second-order valence-corrected chi connectivity index (χ2v) is 3.14. The van der Waals surface area contributed by atoms with Gasteiger partial charge >= 0.3 is 0 Å². The van der Waals surface area contributed by atoms with Gasteiger partial charge in [0.25, 0.3) is 0 Å². The summed E-state index contributed by atoms with van der Waals surface area (Å²) < 4.78 is 0. The van der Waals surface area contributed by atoms with Gasteiger partial charge in [-0.2, -0.15) is 5.10 Å². The maximum absolute atomic E-state index is 10.2. The lowest BCUT2D eigenvalue weighted by Gasteiger charge is -2.04. The van der Waals surface area contributed by atoms with Crippen molar-refractivity contribution < 1.29 is 10.0 Å². The van der Waals surface area contributed by atoms with Crippen molar-refractivity contribution in [2.75, 3.05) is 5.32 Å². The van der Waals surface area contributed by atoms with E-state index in [1.54, 1.807) is 36.7 Å². The van der Waals surface area contributed by atoms with Crippen molar-refractivity contribution in [1.29, 1.82) is 5.41 Å². The van der Waals surface area contributed by atoms with Crippen molar-refractivity contribution in [3.63, 3.8) is 0 Å². The smallest absolute Gasteiger partial charge is 0.233 e. The van der Waals surface area contributed by atoms with Gasteiger partial charge in [0.1, 0.15) is 0 Å². The van der Waals surface area contributed by atoms with Gasteiger partial charge in [-0.3, -0.25) is 15.4 Å². The molecule has 0 unspecified atom stereocenters. The minimum absolute atomic E-state index is 0.316. The Morgan fingerprint density at radius 2 is 2.06 bits per heavy atom. The number of benzene rings is 1. The van der Waals surface area contributed by atoms with E-state index in [1.165, 1.54) is 0 Å². The van der Waals surface area contributed by atoms with E-state index in [0.717, 1.165) is 5.56 Å². The molecule has 0 fully saturated rings. The zero-order valence-electron chi connectivity index (χ0n) is 9.19. The Bertz CT molecular complexity index is 427. The van der Waals surface area contributed by atoms with E-state index in [4.69, 9.17) is 10.6 Å². The standard InChI is InChI=1S/C10H13N5O2/c1-7(13-14-10(11)15-17)8-2-4-9(5-3-8)12-6-16/h2-6,17H,1H3,(H,12,16)(H3,11,14,15)/b13-7+. The number of rotatable bonds is 4. The molecule has 0 aliphatic heterocycles. The molecular formula is C10H13N5O2. The summed E-state index contributed by atoms with van der Waals surface area (Å²) in [4.78, 5) is 10.2. The van der Waals surface area contributed by atoms with Gasteiger partial charge in [-0.1, -0.05) is 12.1 Å². The van der Waals surface area contributed by atoms with Crippen LogP contribution in [0, 0.1) is 5.41 Å². The Balaban J connectivity index is 2.71. The first-order valence-electron chi connectivity index (χ1n) is 4.77. The SMILES string of the molecule is C/C(=N\NC(=N)NO)c1ccc(NC=O)cc1. The quantitative estimate of drug-likeness (QED) is 0.226. The lowest BCUT2D eigenvalue weighted by molar-refractivity contribution is -0.105. The first-order chi connectivity index (χ1) is 8.17. The van der Waals surface area contributed by atoms with Gasteiger partial charge in [0.05, 0.1) is 5.71 Å². The van der Waals surface area contributed by atoms with Crippen LogP contribution in [0.25, 0.3) is 0 Å². The number of carbonyl (C=O) groups is 1. The van der Waals surface area contributed by atoms with Crippen LogP contribution in [-0.2, 0) is 4.79 Å². The van der Waals surface area contributed by atoms with Crippen LogP contribution in [0.5, 0.6) is 0 Å². The maximum atomic E-state index is 10.2. The predicted molar refractivity (Wildman–Crippen MR) is 64.1 cm³/mol. The molecule has 0 heterocycles. The summed E-state index contributed by atoms with van der Waals surface area (Å²) in [5.74, 6) is -0.316. The Hall–Kier alpha value is -2.41. The van der Waals surface area contributed by atoms with E-state index < -0.39 is 0 Å². The molecule has 7 nitrogen and oxygen atoms in total. The zero-order chi connectivity index (χ0) is 12.7. The Morgan fingerprint density at radius 1 is 1.41 bits per heavy atom. The molecule has 0 aromatic heterocycles. The molecule has 17 heavy (non-hydrogen) atoms. The number of hydrazone groups is 1. The second-order valence-electron chi connectivity index (χ2n) is 3.14. The van der Waals surface area contributed by atoms with Crippen LogP contribution in [0.15, 0.2) is 29.4 Å². The highest BCUT2D eigenvalue weighted by atomic mass is 16.5. The summed E-state index contributed by atoms with van der Waals surface area (Å²) in [6.07, 6.45) is 0.603. The highest BCUT2D eigenvalue weighted by molar-refractivity contribution is 5.99. The first-order valence-corrected chi connectivity index (χ1v) is 4.77. The number of hydrogen-bond acceptors (Lipinski definition) is 4. The number of hydrogen-bond donors (Lipinski definition) is 5. The highest BCUT2D eigenvalue weighted by Gasteiger charge is 1.98. The van der Waals surface area contributed by atoms with Crippen LogP contribution >= 0.6 is 0 Å². The number of anilines is 1. The van der Waals surface area contributed by atoms with E-state index >= 15 is 0 Å². The van der Waals surface area contributed by atoms with Crippen LogP contribution in [0.4, 0.5) is 5.69 Å². The molecule has 1 rings (SSSR count). The monoisotopic (exact) mass is 235 g/mol. The molecular weight excluding hydrogens is 222 g/mol. The number of hydroxylamine groups is 1. The van der Waals surface area contributed by atoms with Crippen molar-refractivity contribution >= 4 is 23.8 Å². The third-order valence-electron chi connectivity index (χ3n) is 1.98. The number of amides is 1. The largest absolute Gasteiger partial charge is 0.329 e. The van der Waals surface area contributed by atoms with Gasteiger partial charge in [-0.15, -0.1) is 0 Å². The molecule has 0 radical (unpaired) electrons. The fourth-order valence-electron chi connectivity index (χ4n) is 1.11. The molecule has 1 amide bonds. The average molecular weight is 235 g/mol. The van der Waals surface area contributed by atoms with E-state index in [2.05, 4.69) is 15.8 Å². The second kappa shape index (κ2) is 6.23. The predicted octanol–water partition coefficient (Wildman–Crippen LogP) is 0.482. The summed E-state index contributed by atoms with van der Waals surface area (Å²) in [7, 11) is 0. The van der Waals surface area contributed by atoms with Crippen LogP contribution in [0.1, 0.15) is 12.5 Å². The maximum Gasteiger partial charge on any atom is 0.233 e. The van der Waals surface area contributed by atoms with Crippen LogP contribution < -0.4 is 16.2 Å². The number of nitrogens with one attached hydrogen (secondary N) is 4. The van der Waals surface area contributed by atoms with Gasteiger partial charge in [-0.05, 0) is 24.6 Å². The third-order valence-corrected chi connectivity index (χ3v) is 1.98. The summed E-state index contributed by atoms with van der Waals surface area (Å²) >= 11 is 0. The summed E-state index contributed by atoms with van der Waals surface area (Å²) in [6, 6.07) is 7.03. The van der Waals surface area contributed by atoms with Gasteiger partial charge in [0.15, 0.2) is 0 Å². The van der Waals surface area contributed by atoms with Gasteiger partial charge in [0, 0.05) is 5.69 Å². The molecule has 0 saturated carbocycles. The van der Waals surface area contributed by atoms with Crippen LogP contribution in [0.2, 0.25) is 0 Å². The Morgan fingerprint density at radius 3 is 2.59 bits per heavy atom. The van der Waals surface area contributed by atoms with Crippen LogP contribution in [0.3, 0.4) is 0 Å². The molecule has 0 atom stereocenters. The molecule has 1 aromatic rings. The van der Waals surface area contributed by atoms with E-state index in [-0.39, 0.29) is 5.96 Å². The van der Waals surface area contributed by atoms with Crippen molar-refractivity contribution in [2.45, 2.75) is 6.92 Å². The highest BCUT2D eigenvalue weighted by Crippen LogP contribution is 2.09. The lowest BCUT2D eigenvalue weighted by Crippen LogP contribution is -2.30. The topological polar surface area (TPSA) is 110 Å². The Kier molecular flexibility index (Phi) is 4.64. The molecule has 0 aliphatic rings. The van der Waals surface area contributed by atoms with Gasteiger partial charge in [-0.25, -0.2) is 10.9 Å². The molecule has 7 heteroatoms. The minimum Gasteiger partial charge on any atom is -0.329 e. The fourth-order valence-corrected chi connectivity index (χ4v) is 1.11. The molecule has 0 saturated heterocycles. The molecule has 0 spiro atoms. The third kappa shape index (κ3) is 3.92. The molecule has 0 aliphatic carbocycles. The average Bonchev–Trinajstić information content (AvgIpc) is 2.36. The molecule has 5 N–H and O–H groups in total. The van der Waals surface area contributed by atoms with Gasteiger partial charge in [0.2, 0.25) is 12.4 Å². The normalized spacial score (nSPS) is 10.6. The molecule has 1 aromatic carbocycles. The lowest BCUT2D eigenvalue weighted by atomic mass is 10.1. The summed E-state index contributed by atoms with van der Waals surface area (Å²) in [5.41, 5.74) is 6.09.